The first-order valence-corrected chi connectivity index (χ1v) is 11.9. The minimum atomic E-state index is -3.96. The van der Waals surface area contributed by atoms with Crippen LogP contribution in [0.4, 0.5) is 5.69 Å². The molecule has 0 radical (unpaired) electrons. The molecule has 1 aliphatic rings. The first kappa shape index (κ1) is 23.4. The Labute approximate surface area is 196 Å². The lowest BCUT2D eigenvalue weighted by molar-refractivity contribution is -0.386. The number of methoxy groups -OCH3 is 1. The molecular weight excluding hydrogens is 462 g/mol. The summed E-state index contributed by atoms with van der Waals surface area (Å²) in [6.07, 6.45) is 3.59. The zero-order chi connectivity index (χ0) is 24.3. The number of nitrogens with zero attached hydrogens (tertiary/aromatic N) is 5. The van der Waals surface area contributed by atoms with E-state index >= 15 is 0 Å². The maximum absolute atomic E-state index is 13.0. The van der Waals surface area contributed by atoms with E-state index in [4.69, 9.17) is 4.74 Å². The van der Waals surface area contributed by atoms with Crippen molar-refractivity contribution < 1.29 is 22.9 Å². The summed E-state index contributed by atoms with van der Waals surface area (Å²) in [6.45, 7) is 0.640. The number of ether oxygens (including phenoxy) is 1. The van der Waals surface area contributed by atoms with Gasteiger partial charge in [0, 0.05) is 38.4 Å². The average molecular weight is 486 g/mol. The van der Waals surface area contributed by atoms with E-state index in [0.29, 0.717) is 0 Å². The van der Waals surface area contributed by atoms with E-state index in [0.717, 1.165) is 17.3 Å². The first-order chi connectivity index (χ1) is 16.3. The highest BCUT2D eigenvalue weighted by Gasteiger charge is 2.32. The molecule has 0 unspecified atom stereocenters. The summed E-state index contributed by atoms with van der Waals surface area (Å²) in [4.78, 5) is 24.8. The van der Waals surface area contributed by atoms with Crippen LogP contribution in [0.3, 0.4) is 0 Å². The summed E-state index contributed by atoms with van der Waals surface area (Å²) in [5.74, 6) is -0.139. The molecule has 1 aliphatic heterocycles. The quantitative estimate of drug-likeness (QED) is 0.369. The molecular formula is C22H23N5O6S. The van der Waals surface area contributed by atoms with Crippen LogP contribution in [0.5, 0.6) is 5.75 Å². The Balaban J connectivity index is 1.39. The second kappa shape index (κ2) is 9.61. The SMILES string of the molecule is COc1ccc(S(=O)(=O)N2CCN(C(=O)Cc3cnn(-c4ccccc4)c3)CC2)cc1[N+](=O)[O-]. The molecule has 0 atom stereocenters. The Morgan fingerprint density at radius 2 is 1.82 bits per heavy atom. The first-order valence-electron chi connectivity index (χ1n) is 10.5. The Morgan fingerprint density at radius 3 is 2.47 bits per heavy atom. The number of sulfonamides is 1. The van der Waals surface area contributed by atoms with E-state index in [-0.39, 0.29) is 49.2 Å². The minimum Gasteiger partial charge on any atom is -0.490 e. The van der Waals surface area contributed by atoms with Gasteiger partial charge in [0.25, 0.3) is 0 Å². The highest BCUT2D eigenvalue weighted by Crippen LogP contribution is 2.30. The van der Waals surface area contributed by atoms with Crippen LogP contribution in [0.15, 0.2) is 65.8 Å². The molecule has 2 aromatic carbocycles. The third-order valence-electron chi connectivity index (χ3n) is 5.59. The number of hydrogen-bond donors (Lipinski definition) is 0. The predicted molar refractivity (Wildman–Crippen MR) is 122 cm³/mol. The largest absolute Gasteiger partial charge is 0.490 e. The van der Waals surface area contributed by atoms with Crippen LogP contribution in [-0.4, -0.2) is 71.5 Å². The predicted octanol–water partition coefficient (Wildman–Crippen LogP) is 1.86. The lowest BCUT2D eigenvalue weighted by atomic mass is 10.2. The van der Waals surface area contributed by atoms with Gasteiger partial charge in [-0.2, -0.15) is 9.40 Å². The van der Waals surface area contributed by atoms with Gasteiger partial charge in [-0.1, -0.05) is 18.2 Å². The highest BCUT2D eigenvalue weighted by molar-refractivity contribution is 7.89. The third-order valence-corrected chi connectivity index (χ3v) is 7.48. The van der Waals surface area contributed by atoms with Crippen molar-refractivity contribution >= 4 is 21.6 Å². The van der Waals surface area contributed by atoms with Gasteiger partial charge in [-0.3, -0.25) is 14.9 Å². The topological polar surface area (TPSA) is 128 Å². The van der Waals surface area contributed by atoms with Crippen LogP contribution >= 0.6 is 0 Å². The van der Waals surface area contributed by atoms with E-state index < -0.39 is 20.6 Å². The monoisotopic (exact) mass is 485 g/mol. The average Bonchev–Trinajstić information content (AvgIpc) is 3.32. The fourth-order valence-corrected chi connectivity index (χ4v) is 5.20. The van der Waals surface area contributed by atoms with Crippen LogP contribution < -0.4 is 4.74 Å². The zero-order valence-electron chi connectivity index (χ0n) is 18.4. The number of benzene rings is 2. The molecule has 0 bridgehead atoms. The van der Waals surface area contributed by atoms with Gasteiger partial charge < -0.3 is 9.64 Å². The minimum absolute atomic E-state index is 0.0186. The molecule has 1 fully saturated rings. The summed E-state index contributed by atoms with van der Waals surface area (Å²) >= 11 is 0. The maximum Gasteiger partial charge on any atom is 0.312 e. The van der Waals surface area contributed by atoms with Crippen molar-refractivity contribution in [3.63, 3.8) is 0 Å². The van der Waals surface area contributed by atoms with Crippen molar-refractivity contribution in [2.24, 2.45) is 0 Å². The fraction of sp³-hybridized carbons (Fsp3) is 0.273. The molecule has 1 saturated heterocycles. The van der Waals surface area contributed by atoms with Crippen molar-refractivity contribution in [3.05, 3.63) is 76.6 Å². The second-order valence-electron chi connectivity index (χ2n) is 7.68. The van der Waals surface area contributed by atoms with Gasteiger partial charge in [0.15, 0.2) is 5.75 Å². The van der Waals surface area contributed by atoms with Gasteiger partial charge >= 0.3 is 5.69 Å². The van der Waals surface area contributed by atoms with Crippen molar-refractivity contribution in [1.82, 2.24) is 19.0 Å². The van der Waals surface area contributed by atoms with Crippen LogP contribution in [0, 0.1) is 10.1 Å². The molecule has 0 spiro atoms. The summed E-state index contributed by atoms with van der Waals surface area (Å²) in [6, 6.07) is 13.1. The Kier molecular flexibility index (Phi) is 6.61. The lowest BCUT2D eigenvalue weighted by Gasteiger charge is -2.34. The molecule has 0 N–H and O–H groups in total. The summed E-state index contributed by atoms with van der Waals surface area (Å²) in [5, 5.41) is 15.5. The number of rotatable bonds is 7. The van der Waals surface area contributed by atoms with Crippen LogP contribution in [0.1, 0.15) is 5.56 Å². The standard InChI is InChI=1S/C22H23N5O6S/c1-33-21-8-7-19(14-20(21)27(29)30)34(31,32)25-11-9-24(10-12-25)22(28)13-17-15-23-26(16-17)18-5-3-2-4-6-18/h2-8,14-16H,9-13H2,1H3. The molecule has 34 heavy (non-hydrogen) atoms. The molecule has 178 valence electrons. The molecule has 1 amide bonds. The van der Waals surface area contributed by atoms with Crippen LogP contribution in [0.2, 0.25) is 0 Å². The van der Waals surface area contributed by atoms with Gasteiger partial charge in [0.05, 0.1) is 35.2 Å². The van der Waals surface area contributed by atoms with E-state index in [1.807, 2.05) is 30.3 Å². The number of hydrogen-bond acceptors (Lipinski definition) is 7. The van der Waals surface area contributed by atoms with E-state index in [1.54, 1.807) is 22.0 Å². The van der Waals surface area contributed by atoms with Crippen molar-refractivity contribution in [1.29, 1.82) is 0 Å². The number of amides is 1. The van der Waals surface area contributed by atoms with Gasteiger partial charge in [-0.15, -0.1) is 0 Å². The van der Waals surface area contributed by atoms with E-state index in [9.17, 15) is 23.3 Å². The Bertz CT molecular complexity index is 1300. The highest BCUT2D eigenvalue weighted by atomic mass is 32.2. The van der Waals surface area contributed by atoms with Gasteiger partial charge in [0.2, 0.25) is 15.9 Å². The molecule has 3 aromatic rings. The smallest absolute Gasteiger partial charge is 0.312 e. The van der Waals surface area contributed by atoms with E-state index in [2.05, 4.69) is 5.10 Å². The molecule has 2 heterocycles. The molecule has 0 saturated carbocycles. The third kappa shape index (κ3) is 4.77. The summed E-state index contributed by atoms with van der Waals surface area (Å²) in [5.41, 5.74) is 1.22. The summed E-state index contributed by atoms with van der Waals surface area (Å²) in [7, 11) is -2.68. The molecule has 12 heteroatoms. The van der Waals surface area contributed by atoms with Crippen LogP contribution in [0.25, 0.3) is 5.69 Å². The van der Waals surface area contributed by atoms with E-state index in [1.165, 1.54) is 23.5 Å². The number of para-hydroxylation sites is 1. The van der Waals surface area contributed by atoms with Gasteiger partial charge in [0.1, 0.15) is 0 Å². The molecule has 11 nitrogen and oxygen atoms in total. The molecule has 1 aromatic heterocycles. The van der Waals surface area contributed by atoms with Crippen molar-refractivity contribution in [2.75, 3.05) is 33.3 Å². The Morgan fingerprint density at radius 1 is 1.12 bits per heavy atom. The number of aromatic nitrogens is 2. The molecule has 0 aliphatic carbocycles. The zero-order valence-corrected chi connectivity index (χ0v) is 19.2. The van der Waals surface area contributed by atoms with Gasteiger partial charge in [-0.25, -0.2) is 13.1 Å². The number of piperazine rings is 1. The lowest BCUT2D eigenvalue weighted by Crippen LogP contribution is -2.50. The van der Waals surface area contributed by atoms with Crippen molar-refractivity contribution in [2.45, 2.75) is 11.3 Å². The fourth-order valence-electron chi connectivity index (χ4n) is 3.76. The second-order valence-corrected chi connectivity index (χ2v) is 9.62. The number of carbonyl (C=O) groups excluding carboxylic acids is 1. The van der Waals surface area contributed by atoms with Gasteiger partial charge in [-0.05, 0) is 29.8 Å². The number of nitro groups is 1. The van der Waals surface area contributed by atoms with Crippen molar-refractivity contribution in [3.8, 4) is 11.4 Å². The summed E-state index contributed by atoms with van der Waals surface area (Å²) < 4.78 is 33.9. The number of carbonyl (C=O) groups is 1. The Hall–Kier alpha value is -3.77. The number of nitro benzene ring substituents is 1. The van der Waals surface area contributed by atoms with Crippen LogP contribution in [-0.2, 0) is 21.2 Å². The maximum atomic E-state index is 13.0. The normalized spacial score (nSPS) is 14.7. The molecule has 4 rings (SSSR count).